The summed E-state index contributed by atoms with van der Waals surface area (Å²) in [5.41, 5.74) is 0. The van der Waals surface area contributed by atoms with Crippen LogP contribution < -0.4 is 0 Å². The molecule has 1 unspecified atom stereocenters. The van der Waals surface area contributed by atoms with Gasteiger partial charge in [0.05, 0.1) is 6.10 Å². The number of rotatable bonds is 7. The largest absolute Gasteiger partial charge is 0.378 e. The molecule has 0 radical (unpaired) electrons. The molecule has 1 aliphatic carbocycles. The number of unbranched alkanes of at least 4 members (excludes halogenated alkanes) is 2. The monoisotopic (exact) mass is 212 g/mol. The van der Waals surface area contributed by atoms with Crippen molar-refractivity contribution >= 4 is 0 Å². The molecule has 0 aromatic rings. The molecule has 15 heavy (non-hydrogen) atoms. The average Bonchev–Trinajstić information content (AvgIpc) is 2.28. The predicted octanol–water partition coefficient (Wildman–Crippen LogP) is 4.55. The molecule has 0 N–H and O–H groups in total. The van der Waals surface area contributed by atoms with Crippen LogP contribution in [0.3, 0.4) is 0 Å². The summed E-state index contributed by atoms with van der Waals surface area (Å²) in [5.74, 6) is 0.868. The Kier molecular flexibility index (Phi) is 7.08. The minimum atomic E-state index is 0.485. The first-order valence-corrected chi connectivity index (χ1v) is 6.94. The molecule has 1 saturated carbocycles. The van der Waals surface area contributed by atoms with Crippen LogP contribution in [0.15, 0.2) is 0 Å². The maximum absolute atomic E-state index is 5.93. The zero-order chi connectivity index (χ0) is 10.9. The van der Waals surface area contributed by atoms with Crippen molar-refractivity contribution < 1.29 is 4.74 Å². The zero-order valence-corrected chi connectivity index (χ0v) is 10.6. The lowest BCUT2D eigenvalue weighted by Gasteiger charge is -2.23. The molecule has 1 rings (SSSR count). The Morgan fingerprint density at radius 3 is 2.53 bits per heavy atom. The van der Waals surface area contributed by atoms with Crippen LogP contribution in [0.25, 0.3) is 0 Å². The summed E-state index contributed by atoms with van der Waals surface area (Å²) in [6.45, 7) is 5.51. The Morgan fingerprint density at radius 1 is 1.13 bits per heavy atom. The average molecular weight is 212 g/mol. The molecule has 1 fully saturated rings. The van der Waals surface area contributed by atoms with Crippen molar-refractivity contribution in [1.29, 1.82) is 0 Å². The molecule has 0 aliphatic heterocycles. The molecule has 90 valence electrons. The molecule has 1 atom stereocenters. The summed E-state index contributed by atoms with van der Waals surface area (Å²) in [4.78, 5) is 0. The maximum Gasteiger partial charge on any atom is 0.0547 e. The van der Waals surface area contributed by atoms with E-state index < -0.39 is 0 Å². The van der Waals surface area contributed by atoms with Gasteiger partial charge in [-0.1, -0.05) is 45.4 Å². The molecule has 0 saturated heterocycles. The second kappa shape index (κ2) is 8.15. The van der Waals surface area contributed by atoms with Crippen molar-refractivity contribution in [2.24, 2.45) is 5.92 Å². The molecular weight excluding hydrogens is 184 g/mol. The van der Waals surface area contributed by atoms with Crippen molar-refractivity contribution in [2.45, 2.75) is 77.7 Å². The van der Waals surface area contributed by atoms with Crippen molar-refractivity contribution in [3.8, 4) is 0 Å². The Balaban J connectivity index is 1.97. The third-order valence-electron chi connectivity index (χ3n) is 3.56. The van der Waals surface area contributed by atoms with E-state index in [-0.39, 0.29) is 0 Å². The van der Waals surface area contributed by atoms with Crippen molar-refractivity contribution in [2.75, 3.05) is 6.61 Å². The molecule has 0 heterocycles. The summed E-state index contributed by atoms with van der Waals surface area (Å²) in [5, 5.41) is 0. The zero-order valence-electron chi connectivity index (χ0n) is 10.6. The molecular formula is C14H28O. The van der Waals surface area contributed by atoms with E-state index >= 15 is 0 Å². The summed E-state index contributed by atoms with van der Waals surface area (Å²) < 4.78 is 5.93. The Hall–Kier alpha value is -0.0400. The highest BCUT2D eigenvalue weighted by Crippen LogP contribution is 2.24. The lowest BCUT2D eigenvalue weighted by Crippen LogP contribution is -2.18. The third kappa shape index (κ3) is 6.19. The van der Waals surface area contributed by atoms with Crippen LogP contribution in [0.4, 0.5) is 0 Å². The van der Waals surface area contributed by atoms with Crippen molar-refractivity contribution in [3.63, 3.8) is 0 Å². The molecule has 0 aromatic carbocycles. The highest BCUT2D eigenvalue weighted by Gasteiger charge is 2.14. The smallest absolute Gasteiger partial charge is 0.0547 e. The van der Waals surface area contributed by atoms with Gasteiger partial charge in [-0.2, -0.15) is 0 Å². The minimum Gasteiger partial charge on any atom is -0.378 e. The number of hydrogen-bond donors (Lipinski definition) is 0. The van der Waals surface area contributed by atoms with Gasteiger partial charge in [-0.3, -0.25) is 0 Å². The molecule has 1 aliphatic rings. The molecule has 0 aromatic heterocycles. The van der Waals surface area contributed by atoms with Crippen LogP contribution in [-0.4, -0.2) is 12.7 Å². The summed E-state index contributed by atoms with van der Waals surface area (Å²) in [6, 6.07) is 0. The third-order valence-corrected chi connectivity index (χ3v) is 3.56. The Bertz CT molecular complexity index is 138. The van der Waals surface area contributed by atoms with Gasteiger partial charge in [0, 0.05) is 6.61 Å². The molecule has 0 bridgehead atoms. The van der Waals surface area contributed by atoms with E-state index in [0.29, 0.717) is 6.10 Å². The predicted molar refractivity (Wildman–Crippen MR) is 66.1 cm³/mol. The molecule has 0 amide bonds. The SMILES string of the molecule is CCCCCC(C)OCC1CCCCC1. The molecule has 1 nitrogen and oxygen atoms in total. The van der Waals surface area contributed by atoms with Gasteiger partial charge < -0.3 is 4.74 Å². The maximum atomic E-state index is 5.93. The van der Waals surface area contributed by atoms with E-state index in [4.69, 9.17) is 4.74 Å². The highest BCUT2D eigenvalue weighted by atomic mass is 16.5. The number of hydrogen-bond acceptors (Lipinski definition) is 1. The fraction of sp³-hybridized carbons (Fsp3) is 1.00. The van der Waals surface area contributed by atoms with Crippen molar-refractivity contribution in [1.82, 2.24) is 0 Å². The highest BCUT2D eigenvalue weighted by molar-refractivity contribution is 4.65. The lowest BCUT2D eigenvalue weighted by atomic mass is 9.90. The van der Waals surface area contributed by atoms with E-state index in [9.17, 15) is 0 Å². The summed E-state index contributed by atoms with van der Waals surface area (Å²) in [6.07, 6.45) is 12.9. The fourth-order valence-corrected chi connectivity index (χ4v) is 2.42. The topological polar surface area (TPSA) is 9.23 Å². The normalized spacial score (nSPS) is 20.4. The first kappa shape index (κ1) is 13.0. The molecule has 0 spiro atoms. The second-order valence-corrected chi connectivity index (χ2v) is 5.14. The summed E-state index contributed by atoms with van der Waals surface area (Å²) in [7, 11) is 0. The first-order chi connectivity index (χ1) is 7.33. The van der Waals surface area contributed by atoms with Gasteiger partial charge in [0.1, 0.15) is 0 Å². The van der Waals surface area contributed by atoms with Crippen LogP contribution in [-0.2, 0) is 4.74 Å². The van der Waals surface area contributed by atoms with Gasteiger partial charge in [-0.05, 0) is 32.1 Å². The summed E-state index contributed by atoms with van der Waals surface area (Å²) >= 11 is 0. The Labute approximate surface area is 95.6 Å². The van der Waals surface area contributed by atoms with Gasteiger partial charge in [-0.15, -0.1) is 0 Å². The van der Waals surface area contributed by atoms with E-state index in [1.807, 2.05) is 0 Å². The van der Waals surface area contributed by atoms with E-state index in [2.05, 4.69) is 13.8 Å². The van der Waals surface area contributed by atoms with Gasteiger partial charge in [0.2, 0.25) is 0 Å². The van der Waals surface area contributed by atoms with E-state index in [1.165, 1.54) is 57.8 Å². The van der Waals surface area contributed by atoms with Crippen LogP contribution in [0, 0.1) is 5.92 Å². The quantitative estimate of drug-likeness (QED) is 0.562. The van der Waals surface area contributed by atoms with E-state index in [0.717, 1.165) is 12.5 Å². The van der Waals surface area contributed by atoms with Gasteiger partial charge >= 0.3 is 0 Å². The second-order valence-electron chi connectivity index (χ2n) is 5.14. The molecule has 1 heteroatoms. The van der Waals surface area contributed by atoms with Gasteiger partial charge in [0.25, 0.3) is 0 Å². The van der Waals surface area contributed by atoms with Crippen LogP contribution in [0.1, 0.15) is 71.6 Å². The Morgan fingerprint density at radius 2 is 1.87 bits per heavy atom. The van der Waals surface area contributed by atoms with E-state index in [1.54, 1.807) is 0 Å². The van der Waals surface area contributed by atoms with Crippen LogP contribution in [0.2, 0.25) is 0 Å². The first-order valence-electron chi connectivity index (χ1n) is 6.94. The minimum absolute atomic E-state index is 0.485. The van der Waals surface area contributed by atoms with Gasteiger partial charge in [0.15, 0.2) is 0 Å². The van der Waals surface area contributed by atoms with Crippen LogP contribution >= 0.6 is 0 Å². The fourth-order valence-electron chi connectivity index (χ4n) is 2.42. The standard InChI is InChI=1S/C14H28O/c1-3-4-6-9-13(2)15-12-14-10-7-5-8-11-14/h13-14H,3-12H2,1-2H3. The lowest BCUT2D eigenvalue weighted by molar-refractivity contribution is 0.0254. The number of ether oxygens (including phenoxy) is 1. The van der Waals surface area contributed by atoms with Crippen molar-refractivity contribution in [3.05, 3.63) is 0 Å². The van der Waals surface area contributed by atoms with Crippen LogP contribution in [0.5, 0.6) is 0 Å². The van der Waals surface area contributed by atoms with Gasteiger partial charge in [-0.25, -0.2) is 0 Å².